The Hall–Kier alpha value is -1.17. The molecule has 1 heterocycles. The predicted molar refractivity (Wildman–Crippen MR) is 97.2 cm³/mol. The van der Waals surface area contributed by atoms with Crippen LogP contribution in [0.4, 0.5) is 0 Å². The summed E-state index contributed by atoms with van der Waals surface area (Å²) in [5.74, 6) is 1.15. The molecule has 1 aromatic heterocycles. The van der Waals surface area contributed by atoms with Gasteiger partial charge in [-0.2, -0.15) is 5.10 Å². The molecule has 23 heavy (non-hydrogen) atoms. The van der Waals surface area contributed by atoms with Crippen LogP contribution < -0.4 is 5.32 Å². The van der Waals surface area contributed by atoms with Crippen molar-refractivity contribution in [2.24, 2.45) is 0 Å². The van der Waals surface area contributed by atoms with Crippen molar-refractivity contribution in [2.75, 3.05) is 12.3 Å². The molecule has 1 N–H and O–H groups in total. The average Bonchev–Trinajstić information content (AvgIpc) is 2.91. The summed E-state index contributed by atoms with van der Waals surface area (Å²) in [6.45, 7) is 3.47. The van der Waals surface area contributed by atoms with Gasteiger partial charge in [-0.1, -0.05) is 29.3 Å². The molecule has 0 atom stereocenters. The molecule has 1 amide bonds. The van der Waals surface area contributed by atoms with Gasteiger partial charge in [-0.15, -0.1) is 11.8 Å². The molecular formula is C16H19Cl2N3OS. The first-order chi connectivity index (χ1) is 11.0. The lowest BCUT2D eigenvalue weighted by Crippen LogP contribution is -2.27. The zero-order valence-electron chi connectivity index (χ0n) is 12.9. The Morgan fingerprint density at radius 2 is 2.22 bits per heavy atom. The number of halogens is 2. The summed E-state index contributed by atoms with van der Waals surface area (Å²) >= 11 is 13.5. The first-order valence-corrected chi connectivity index (χ1v) is 9.23. The van der Waals surface area contributed by atoms with Crippen LogP contribution in [-0.2, 0) is 17.1 Å². The molecule has 0 aliphatic heterocycles. The number of carbonyl (C=O) groups excluding carboxylic acids is 1. The third-order valence-electron chi connectivity index (χ3n) is 3.15. The topological polar surface area (TPSA) is 46.9 Å². The van der Waals surface area contributed by atoms with Gasteiger partial charge in [-0.25, -0.2) is 0 Å². The Morgan fingerprint density at radius 3 is 2.91 bits per heavy atom. The number of thioether (sulfide) groups is 1. The number of aromatic nitrogens is 2. The number of rotatable bonds is 8. The highest BCUT2D eigenvalue weighted by molar-refractivity contribution is 7.99. The Labute approximate surface area is 150 Å². The van der Waals surface area contributed by atoms with Gasteiger partial charge >= 0.3 is 0 Å². The quantitative estimate of drug-likeness (QED) is 0.714. The van der Waals surface area contributed by atoms with Gasteiger partial charge in [0.05, 0.1) is 11.9 Å². The van der Waals surface area contributed by atoms with Crippen molar-refractivity contribution in [3.63, 3.8) is 0 Å². The maximum Gasteiger partial charge on any atom is 0.230 e. The van der Waals surface area contributed by atoms with Crippen molar-refractivity contribution >= 4 is 40.9 Å². The van der Waals surface area contributed by atoms with Crippen LogP contribution in [0.5, 0.6) is 0 Å². The second kappa shape index (κ2) is 9.21. The van der Waals surface area contributed by atoms with E-state index in [1.165, 1.54) is 11.8 Å². The van der Waals surface area contributed by atoms with Crippen LogP contribution in [0.1, 0.15) is 17.5 Å². The molecule has 0 fully saturated rings. The minimum absolute atomic E-state index is 0.0386. The molecule has 0 spiro atoms. The first-order valence-electron chi connectivity index (χ1n) is 7.32. The van der Waals surface area contributed by atoms with E-state index in [-0.39, 0.29) is 5.91 Å². The molecule has 4 nitrogen and oxygen atoms in total. The smallest absolute Gasteiger partial charge is 0.230 e. The van der Waals surface area contributed by atoms with Crippen LogP contribution in [0.3, 0.4) is 0 Å². The minimum atomic E-state index is 0.0386. The van der Waals surface area contributed by atoms with Crippen molar-refractivity contribution in [2.45, 2.75) is 25.6 Å². The Balaban J connectivity index is 1.59. The fourth-order valence-electron chi connectivity index (χ4n) is 2.00. The summed E-state index contributed by atoms with van der Waals surface area (Å²) in [5, 5.41) is 8.38. The van der Waals surface area contributed by atoms with Crippen molar-refractivity contribution in [3.05, 3.63) is 51.8 Å². The number of hydrogen-bond acceptors (Lipinski definition) is 3. The fraction of sp³-hybridized carbons (Fsp3) is 0.375. The highest BCUT2D eigenvalue weighted by Gasteiger charge is 2.05. The molecule has 0 saturated carbocycles. The van der Waals surface area contributed by atoms with Gasteiger partial charge in [0, 0.05) is 35.1 Å². The van der Waals surface area contributed by atoms with E-state index in [4.69, 9.17) is 23.2 Å². The highest BCUT2D eigenvalue weighted by Crippen LogP contribution is 2.24. The number of amides is 1. The molecule has 2 aromatic rings. The normalized spacial score (nSPS) is 10.7. The molecule has 0 aliphatic carbocycles. The Morgan fingerprint density at radius 1 is 1.39 bits per heavy atom. The van der Waals surface area contributed by atoms with Gasteiger partial charge in [0.15, 0.2) is 0 Å². The van der Waals surface area contributed by atoms with Crippen LogP contribution in [-0.4, -0.2) is 28.0 Å². The largest absolute Gasteiger partial charge is 0.355 e. The molecule has 7 heteroatoms. The lowest BCUT2D eigenvalue weighted by Gasteiger charge is -2.07. The van der Waals surface area contributed by atoms with E-state index < -0.39 is 0 Å². The van der Waals surface area contributed by atoms with Gasteiger partial charge in [0.2, 0.25) is 5.91 Å². The summed E-state index contributed by atoms with van der Waals surface area (Å²) in [5.41, 5.74) is 2.13. The predicted octanol–water partition coefficient (Wildman–Crippen LogP) is 3.94. The lowest BCUT2D eigenvalue weighted by molar-refractivity contribution is -0.118. The van der Waals surface area contributed by atoms with Gasteiger partial charge in [0.1, 0.15) is 0 Å². The van der Waals surface area contributed by atoms with E-state index in [0.29, 0.717) is 28.1 Å². The number of benzene rings is 1. The zero-order chi connectivity index (χ0) is 16.7. The van der Waals surface area contributed by atoms with Crippen molar-refractivity contribution in [1.82, 2.24) is 15.1 Å². The average molecular weight is 372 g/mol. The second-order valence-corrected chi connectivity index (χ2v) is 7.04. The number of nitrogens with one attached hydrogen (secondary N) is 1. The molecule has 0 aliphatic rings. The van der Waals surface area contributed by atoms with Gasteiger partial charge in [-0.05, 0) is 36.6 Å². The van der Waals surface area contributed by atoms with Gasteiger partial charge < -0.3 is 5.32 Å². The monoisotopic (exact) mass is 371 g/mol. The molecule has 2 rings (SSSR count). The number of nitrogens with zero attached hydrogens (tertiary/aromatic N) is 2. The van der Waals surface area contributed by atoms with E-state index in [0.717, 1.165) is 24.1 Å². The summed E-state index contributed by atoms with van der Waals surface area (Å²) in [7, 11) is 0. The minimum Gasteiger partial charge on any atom is -0.355 e. The van der Waals surface area contributed by atoms with E-state index in [1.807, 2.05) is 30.1 Å². The molecular weight excluding hydrogens is 353 g/mol. The maximum absolute atomic E-state index is 11.8. The zero-order valence-corrected chi connectivity index (χ0v) is 15.2. The Bertz CT molecular complexity index is 661. The SMILES string of the molecule is Cc1cnn(CCCNC(=O)CSCc2ccc(Cl)cc2Cl)c1. The van der Waals surface area contributed by atoms with Gasteiger partial charge in [-0.3, -0.25) is 9.48 Å². The fourth-order valence-corrected chi connectivity index (χ4v) is 3.42. The summed E-state index contributed by atoms with van der Waals surface area (Å²) in [4.78, 5) is 11.8. The standard InChI is InChI=1S/C16H19Cl2N3OS/c1-12-8-20-21(9-12)6-2-5-19-16(22)11-23-10-13-3-4-14(17)7-15(13)18/h3-4,7-9H,2,5-6,10-11H2,1H3,(H,19,22). The van der Waals surface area contributed by atoms with Crippen molar-refractivity contribution in [1.29, 1.82) is 0 Å². The summed E-state index contributed by atoms with van der Waals surface area (Å²) < 4.78 is 1.89. The lowest BCUT2D eigenvalue weighted by atomic mass is 10.2. The molecule has 0 saturated heterocycles. The molecule has 0 radical (unpaired) electrons. The van der Waals surface area contributed by atoms with Crippen molar-refractivity contribution < 1.29 is 4.79 Å². The van der Waals surface area contributed by atoms with E-state index >= 15 is 0 Å². The third-order valence-corrected chi connectivity index (χ3v) is 4.72. The van der Waals surface area contributed by atoms with Crippen LogP contribution >= 0.6 is 35.0 Å². The van der Waals surface area contributed by atoms with E-state index in [1.54, 1.807) is 12.1 Å². The molecule has 0 bridgehead atoms. The summed E-state index contributed by atoms with van der Waals surface area (Å²) in [6.07, 6.45) is 4.69. The van der Waals surface area contributed by atoms with E-state index in [9.17, 15) is 4.79 Å². The molecule has 1 aromatic carbocycles. The highest BCUT2D eigenvalue weighted by atomic mass is 35.5. The van der Waals surface area contributed by atoms with Crippen LogP contribution in [0.15, 0.2) is 30.6 Å². The maximum atomic E-state index is 11.8. The van der Waals surface area contributed by atoms with Crippen molar-refractivity contribution in [3.8, 4) is 0 Å². The van der Waals surface area contributed by atoms with Crippen LogP contribution in [0, 0.1) is 6.92 Å². The first kappa shape index (κ1) is 18.2. The second-order valence-electron chi connectivity index (χ2n) is 5.21. The number of carbonyl (C=O) groups is 1. The summed E-state index contributed by atoms with van der Waals surface area (Å²) in [6, 6.07) is 5.41. The third kappa shape index (κ3) is 6.45. The number of aryl methyl sites for hydroxylation is 2. The number of hydrogen-bond donors (Lipinski definition) is 1. The van der Waals surface area contributed by atoms with E-state index in [2.05, 4.69) is 10.4 Å². The molecule has 124 valence electrons. The van der Waals surface area contributed by atoms with Crippen LogP contribution in [0.2, 0.25) is 10.0 Å². The van der Waals surface area contributed by atoms with Crippen LogP contribution in [0.25, 0.3) is 0 Å². The van der Waals surface area contributed by atoms with Gasteiger partial charge in [0.25, 0.3) is 0 Å². The Kier molecular flexibility index (Phi) is 7.27. The molecule has 0 unspecified atom stereocenters.